The molecular weight excluding hydrogens is 400 g/mol. The highest BCUT2D eigenvalue weighted by atomic mass is 79.9. The van der Waals surface area contributed by atoms with E-state index in [9.17, 15) is 4.79 Å². The normalized spacial score (nSPS) is 14.2. The zero-order valence-corrected chi connectivity index (χ0v) is 17.2. The van der Waals surface area contributed by atoms with E-state index in [0.29, 0.717) is 13.1 Å². The summed E-state index contributed by atoms with van der Waals surface area (Å²) in [6.45, 7) is 7.79. The summed E-state index contributed by atoms with van der Waals surface area (Å²) in [6.07, 6.45) is 0.632. The van der Waals surface area contributed by atoms with Crippen LogP contribution < -0.4 is 5.32 Å². The number of thiophene rings is 1. The van der Waals surface area contributed by atoms with Gasteiger partial charge in [0.25, 0.3) is 0 Å². The van der Waals surface area contributed by atoms with Crippen molar-refractivity contribution >= 4 is 39.0 Å². The molecule has 0 saturated heterocycles. The molecule has 0 saturated carbocycles. The van der Waals surface area contributed by atoms with E-state index >= 15 is 0 Å². The average Bonchev–Trinajstić information content (AvgIpc) is 2.96. The zero-order chi connectivity index (χ0) is 18.0. The number of benzene rings is 1. The second kappa shape index (κ2) is 7.38. The highest BCUT2D eigenvalue weighted by Crippen LogP contribution is 2.26. The lowest BCUT2D eigenvalue weighted by Gasteiger charge is -2.31. The molecule has 1 aromatic carbocycles. The van der Waals surface area contributed by atoms with Crippen LogP contribution in [0.1, 0.15) is 36.8 Å². The van der Waals surface area contributed by atoms with Gasteiger partial charge in [0, 0.05) is 30.2 Å². The fourth-order valence-corrected chi connectivity index (χ4v) is 4.21. The minimum Gasteiger partial charge on any atom is -0.444 e. The van der Waals surface area contributed by atoms with E-state index in [2.05, 4.69) is 51.6 Å². The Bertz CT molecular complexity index is 767. The number of hydrogen-bond donors (Lipinski definition) is 1. The summed E-state index contributed by atoms with van der Waals surface area (Å²) in [5.74, 6) is 0. The van der Waals surface area contributed by atoms with E-state index in [4.69, 9.17) is 4.74 Å². The summed E-state index contributed by atoms with van der Waals surface area (Å²) >= 11 is 5.22. The molecule has 2 heterocycles. The Morgan fingerprint density at radius 3 is 2.76 bits per heavy atom. The first-order valence-corrected chi connectivity index (χ1v) is 9.99. The van der Waals surface area contributed by atoms with Crippen LogP contribution in [-0.2, 0) is 24.2 Å². The van der Waals surface area contributed by atoms with Gasteiger partial charge in [-0.2, -0.15) is 0 Å². The predicted molar refractivity (Wildman–Crippen MR) is 106 cm³/mol. The van der Waals surface area contributed by atoms with Crippen molar-refractivity contribution < 1.29 is 9.53 Å². The van der Waals surface area contributed by atoms with Crippen molar-refractivity contribution in [3.8, 4) is 0 Å². The SMILES string of the molecule is CC(C)(C)OC(=O)N1CCc2ccc(NCc3ccc(Br)s3)cc2C1. The quantitative estimate of drug-likeness (QED) is 0.717. The maximum Gasteiger partial charge on any atom is 0.410 e. The maximum atomic E-state index is 12.3. The number of rotatable bonds is 3. The molecule has 0 radical (unpaired) electrons. The Balaban J connectivity index is 1.65. The molecule has 1 aliphatic rings. The molecule has 0 fully saturated rings. The molecule has 1 N–H and O–H groups in total. The Hall–Kier alpha value is -1.53. The van der Waals surface area contributed by atoms with Crippen LogP contribution in [0.2, 0.25) is 0 Å². The monoisotopic (exact) mass is 422 g/mol. The summed E-state index contributed by atoms with van der Waals surface area (Å²) in [7, 11) is 0. The minimum absolute atomic E-state index is 0.236. The van der Waals surface area contributed by atoms with Crippen LogP contribution in [0.25, 0.3) is 0 Å². The van der Waals surface area contributed by atoms with Crippen LogP contribution in [0, 0.1) is 0 Å². The van der Waals surface area contributed by atoms with E-state index in [0.717, 1.165) is 22.4 Å². The summed E-state index contributed by atoms with van der Waals surface area (Å²) in [5.41, 5.74) is 3.11. The zero-order valence-electron chi connectivity index (χ0n) is 14.8. The first-order chi connectivity index (χ1) is 11.8. The summed E-state index contributed by atoms with van der Waals surface area (Å²) in [6, 6.07) is 10.6. The van der Waals surface area contributed by atoms with Gasteiger partial charge in [0.1, 0.15) is 5.60 Å². The lowest BCUT2D eigenvalue weighted by atomic mass is 9.99. The van der Waals surface area contributed by atoms with Gasteiger partial charge in [-0.05, 0) is 78.5 Å². The van der Waals surface area contributed by atoms with Gasteiger partial charge in [0.05, 0.1) is 3.79 Å². The number of ether oxygens (including phenoxy) is 1. The molecule has 3 rings (SSSR count). The van der Waals surface area contributed by atoms with Gasteiger partial charge in [-0.15, -0.1) is 11.3 Å². The van der Waals surface area contributed by atoms with Gasteiger partial charge in [0.15, 0.2) is 0 Å². The summed E-state index contributed by atoms with van der Waals surface area (Å²) in [4.78, 5) is 15.4. The highest BCUT2D eigenvalue weighted by Gasteiger charge is 2.25. The van der Waals surface area contributed by atoms with Crippen molar-refractivity contribution in [1.29, 1.82) is 0 Å². The number of halogens is 1. The molecule has 0 atom stereocenters. The number of carbonyl (C=O) groups excluding carboxylic acids is 1. The second-order valence-corrected chi connectivity index (χ2v) is 9.74. The van der Waals surface area contributed by atoms with Gasteiger partial charge in [0.2, 0.25) is 0 Å². The number of hydrogen-bond acceptors (Lipinski definition) is 4. The summed E-state index contributed by atoms with van der Waals surface area (Å²) in [5, 5.41) is 3.46. The number of carbonyl (C=O) groups is 1. The van der Waals surface area contributed by atoms with Crippen LogP contribution >= 0.6 is 27.3 Å². The van der Waals surface area contributed by atoms with Crippen LogP contribution in [0.3, 0.4) is 0 Å². The molecule has 0 spiro atoms. The summed E-state index contributed by atoms with van der Waals surface area (Å²) < 4.78 is 6.64. The van der Waals surface area contributed by atoms with Crippen molar-refractivity contribution in [2.24, 2.45) is 0 Å². The van der Waals surface area contributed by atoms with Gasteiger partial charge >= 0.3 is 6.09 Å². The topological polar surface area (TPSA) is 41.6 Å². The fourth-order valence-electron chi connectivity index (χ4n) is 2.79. The molecule has 1 amide bonds. The lowest BCUT2D eigenvalue weighted by Crippen LogP contribution is -2.39. The number of anilines is 1. The second-order valence-electron chi connectivity index (χ2n) is 7.19. The molecule has 134 valence electrons. The van der Waals surface area contributed by atoms with Crippen molar-refractivity contribution in [2.45, 2.75) is 45.9 Å². The van der Waals surface area contributed by atoms with Gasteiger partial charge in [-0.25, -0.2) is 4.79 Å². The van der Waals surface area contributed by atoms with Gasteiger partial charge in [-0.1, -0.05) is 6.07 Å². The van der Waals surface area contributed by atoms with E-state index < -0.39 is 5.60 Å². The molecule has 25 heavy (non-hydrogen) atoms. The van der Waals surface area contributed by atoms with E-state index in [1.807, 2.05) is 20.8 Å². The van der Waals surface area contributed by atoms with E-state index in [1.165, 1.54) is 16.0 Å². The number of nitrogens with one attached hydrogen (secondary N) is 1. The number of fused-ring (bicyclic) bond motifs is 1. The van der Waals surface area contributed by atoms with Crippen LogP contribution in [0.5, 0.6) is 0 Å². The maximum absolute atomic E-state index is 12.3. The van der Waals surface area contributed by atoms with Crippen molar-refractivity contribution in [3.63, 3.8) is 0 Å². The molecule has 0 bridgehead atoms. The molecule has 1 aromatic heterocycles. The van der Waals surface area contributed by atoms with Crippen LogP contribution in [0.4, 0.5) is 10.5 Å². The molecule has 0 aliphatic carbocycles. The molecular formula is C19H23BrN2O2S. The molecule has 2 aromatic rings. The highest BCUT2D eigenvalue weighted by molar-refractivity contribution is 9.11. The van der Waals surface area contributed by atoms with Crippen LogP contribution in [0.15, 0.2) is 34.1 Å². The first-order valence-electron chi connectivity index (χ1n) is 8.38. The van der Waals surface area contributed by atoms with Crippen LogP contribution in [-0.4, -0.2) is 23.1 Å². The minimum atomic E-state index is -0.463. The Morgan fingerprint density at radius 1 is 1.28 bits per heavy atom. The third-order valence-electron chi connectivity index (χ3n) is 3.97. The average molecular weight is 423 g/mol. The molecule has 4 nitrogen and oxygen atoms in total. The molecule has 1 aliphatic heterocycles. The number of nitrogens with zero attached hydrogens (tertiary/aromatic N) is 1. The van der Waals surface area contributed by atoms with Crippen molar-refractivity contribution in [3.05, 3.63) is 50.1 Å². The third kappa shape index (κ3) is 4.98. The van der Waals surface area contributed by atoms with E-state index in [-0.39, 0.29) is 6.09 Å². The standard InChI is InChI=1S/C19H23BrN2O2S/c1-19(2,3)24-18(23)22-9-8-13-4-5-15(10-14(13)12-22)21-11-16-6-7-17(20)25-16/h4-7,10,21H,8-9,11-12H2,1-3H3. The Morgan fingerprint density at radius 2 is 2.08 bits per heavy atom. The Kier molecular flexibility index (Phi) is 5.39. The van der Waals surface area contributed by atoms with E-state index in [1.54, 1.807) is 16.2 Å². The molecule has 0 unspecified atom stereocenters. The van der Waals surface area contributed by atoms with Crippen molar-refractivity contribution in [2.75, 3.05) is 11.9 Å². The Labute approximate surface area is 161 Å². The smallest absolute Gasteiger partial charge is 0.410 e. The molecule has 6 heteroatoms. The van der Waals surface area contributed by atoms with Crippen molar-refractivity contribution in [1.82, 2.24) is 4.90 Å². The third-order valence-corrected chi connectivity index (χ3v) is 5.59. The first kappa shape index (κ1) is 18.3. The lowest BCUT2D eigenvalue weighted by molar-refractivity contribution is 0.0224. The van der Waals surface area contributed by atoms with Gasteiger partial charge < -0.3 is 15.0 Å². The van der Waals surface area contributed by atoms with Gasteiger partial charge in [-0.3, -0.25) is 0 Å². The fraction of sp³-hybridized carbons (Fsp3) is 0.421. The predicted octanol–water partition coefficient (Wildman–Crippen LogP) is 5.42. The largest absolute Gasteiger partial charge is 0.444 e. The number of amides is 1.